The quantitative estimate of drug-likeness (QED) is 0.936. The molecular formula is C20H26N4O. The van der Waals surface area contributed by atoms with Crippen LogP contribution in [-0.2, 0) is 16.8 Å². The molecule has 2 aromatic rings. The fourth-order valence-electron chi connectivity index (χ4n) is 4.30. The normalized spacial score (nSPS) is 19.6. The number of likely N-dealkylation sites (tertiary alicyclic amines) is 1. The summed E-state index contributed by atoms with van der Waals surface area (Å²) in [5.74, 6) is 1.30. The van der Waals surface area contributed by atoms with Crippen LogP contribution in [0.4, 0.5) is 5.69 Å². The Labute approximate surface area is 149 Å². The van der Waals surface area contributed by atoms with E-state index in [1.54, 1.807) is 0 Å². The minimum absolute atomic E-state index is 0.0299. The fraction of sp³-hybridized carbons (Fsp3) is 0.500. The summed E-state index contributed by atoms with van der Waals surface area (Å²) < 4.78 is 0. The summed E-state index contributed by atoms with van der Waals surface area (Å²) in [4.78, 5) is 24.7. The number of amides is 1. The summed E-state index contributed by atoms with van der Waals surface area (Å²) in [5.41, 5.74) is 2.60. The molecular weight excluding hydrogens is 312 g/mol. The Morgan fingerprint density at radius 2 is 2.04 bits per heavy atom. The average Bonchev–Trinajstić information content (AvgIpc) is 3.24. The summed E-state index contributed by atoms with van der Waals surface area (Å²) in [7, 11) is 0. The number of hydrogen-bond acceptors (Lipinski definition) is 3. The lowest BCUT2D eigenvalue weighted by Gasteiger charge is -2.39. The lowest BCUT2D eigenvalue weighted by Crippen LogP contribution is -2.46. The number of piperidine rings is 1. The highest BCUT2D eigenvalue weighted by molar-refractivity contribution is 5.97. The third-order valence-corrected chi connectivity index (χ3v) is 5.73. The van der Waals surface area contributed by atoms with Gasteiger partial charge in [0.05, 0.1) is 6.54 Å². The molecule has 2 aliphatic heterocycles. The molecule has 1 amide bonds. The first-order valence-corrected chi connectivity index (χ1v) is 9.21. The van der Waals surface area contributed by atoms with E-state index in [1.807, 2.05) is 37.2 Å². The number of aromatic nitrogens is 2. The first-order valence-electron chi connectivity index (χ1n) is 9.21. The first kappa shape index (κ1) is 16.3. The molecule has 0 saturated carbocycles. The third-order valence-electron chi connectivity index (χ3n) is 5.73. The molecule has 132 valence electrons. The Bertz CT molecular complexity index is 745. The molecule has 1 aromatic carbocycles. The Hall–Kier alpha value is -2.14. The third kappa shape index (κ3) is 2.86. The summed E-state index contributed by atoms with van der Waals surface area (Å²) in [6, 6.07) is 8.49. The van der Waals surface area contributed by atoms with Gasteiger partial charge in [-0.15, -0.1) is 0 Å². The van der Waals surface area contributed by atoms with Gasteiger partial charge in [-0.1, -0.05) is 32.0 Å². The summed E-state index contributed by atoms with van der Waals surface area (Å²) in [5, 5.41) is 0. The van der Waals surface area contributed by atoms with Gasteiger partial charge in [0.15, 0.2) is 0 Å². The van der Waals surface area contributed by atoms with Crippen molar-refractivity contribution in [2.75, 3.05) is 24.5 Å². The van der Waals surface area contributed by atoms with E-state index in [1.165, 1.54) is 5.56 Å². The van der Waals surface area contributed by atoms with Crippen LogP contribution in [-0.4, -0.2) is 40.4 Å². The van der Waals surface area contributed by atoms with E-state index in [4.69, 9.17) is 0 Å². The Morgan fingerprint density at radius 1 is 1.28 bits per heavy atom. The van der Waals surface area contributed by atoms with Crippen LogP contribution >= 0.6 is 0 Å². The molecule has 2 aliphatic rings. The maximum Gasteiger partial charge on any atom is 0.229 e. The van der Waals surface area contributed by atoms with Crippen molar-refractivity contribution < 1.29 is 4.79 Å². The second-order valence-electron chi connectivity index (χ2n) is 7.69. The molecule has 0 atom stereocenters. The lowest BCUT2D eigenvalue weighted by molar-refractivity contribution is -0.121. The highest BCUT2D eigenvalue weighted by Gasteiger charge is 2.46. The number of para-hydroxylation sites is 1. The maximum atomic E-state index is 12.7. The summed E-state index contributed by atoms with van der Waals surface area (Å²) in [6.45, 7) is 7.76. The number of carbonyl (C=O) groups excluding carboxylic acids is 1. The SMILES string of the molecule is CC(C)C(=O)N1CC2(CCN(Cc3ncc[nH]3)CC2)c2ccccc21. The van der Waals surface area contributed by atoms with E-state index in [9.17, 15) is 4.79 Å². The van der Waals surface area contributed by atoms with E-state index < -0.39 is 0 Å². The van der Waals surface area contributed by atoms with Gasteiger partial charge in [0.1, 0.15) is 5.82 Å². The minimum atomic E-state index is 0.0299. The predicted molar refractivity (Wildman–Crippen MR) is 98.4 cm³/mol. The van der Waals surface area contributed by atoms with E-state index >= 15 is 0 Å². The number of hydrogen-bond donors (Lipinski definition) is 1. The highest BCUT2D eigenvalue weighted by Crippen LogP contribution is 2.47. The van der Waals surface area contributed by atoms with Crippen LogP contribution in [0.5, 0.6) is 0 Å². The zero-order chi connectivity index (χ0) is 17.4. The summed E-state index contributed by atoms with van der Waals surface area (Å²) >= 11 is 0. The molecule has 3 heterocycles. The summed E-state index contributed by atoms with van der Waals surface area (Å²) in [6.07, 6.45) is 5.87. The van der Waals surface area contributed by atoms with Gasteiger partial charge >= 0.3 is 0 Å². The van der Waals surface area contributed by atoms with Gasteiger partial charge in [-0.05, 0) is 37.6 Å². The van der Waals surface area contributed by atoms with Crippen LogP contribution < -0.4 is 4.90 Å². The smallest absolute Gasteiger partial charge is 0.229 e. The number of nitrogens with one attached hydrogen (secondary N) is 1. The molecule has 5 nitrogen and oxygen atoms in total. The Balaban J connectivity index is 1.54. The van der Waals surface area contributed by atoms with Crippen molar-refractivity contribution >= 4 is 11.6 Å². The molecule has 1 aromatic heterocycles. The van der Waals surface area contributed by atoms with E-state index in [0.29, 0.717) is 0 Å². The number of imidazole rings is 1. The van der Waals surface area contributed by atoms with Gasteiger partial charge in [-0.25, -0.2) is 4.98 Å². The fourth-order valence-corrected chi connectivity index (χ4v) is 4.30. The predicted octanol–water partition coefficient (Wildman–Crippen LogP) is 2.95. The molecule has 4 rings (SSSR count). The van der Waals surface area contributed by atoms with Gasteiger partial charge in [-0.2, -0.15) is 0 Å². The molecule has 0 unspecified atom stereocenters. The van der Waals surface area contributed by atoms with Crippen LogP contribution in [0.2, 0.25) is 0 Å². The van der Waals surface area contributed by atoms with Gasteiger partial charge < -0.3 is 9.88 Å². The standard InChI is InChI=1S/C20H26N4O/c1-15(2)19(25)24-14-20(16-5-3-4-6-17(16)24)7-11-23(12-8-20)13-18-21-9-10-22-18/h3-6,9-10,15H,7-8,11-14H2,1-2H3,(H,21,22). The molecule has 1 spiro atoms. The van der Waals surface area contributed by atoms with Gasteiger partial charge in [-0.3, -0.25) is 9.69 Å². The highest BCUT2D eigenvalue weighted by atomic mass is 16.2. The van der Waals surface area contributed by atoms with Crippen LogP contribution in [0, 0.1) is 5.92 Å². The molecule has 1 saturated heterocycles. The second kappa shape index (κ2) is 6.30. The number of nitrogens with zero attached hydrogens (tertiary/aromatic N) is 3. The van der Waals surface area contributed by atoms with Crippen molar-refractivity contribution in [3.8, 4) is 0 Å². The molecule has 1 N–H and O–H groups in total. The number of fused-ring (bicyclic) bond motifs is 2. The van der Waals surface area contributed by atoms with Crippen LogP contribution in [0.3, 0.4) is 0 Å². The van der Waals surface area contributed by atoms with E-state index in [2.05, 4.69) is 33.1 Å². The van der Waals surface area contributed by atoms with Crippen LogP contribution in [0.1, 0.15) is 38.1 Å². The zero-order valence-electron chi connectivity index (χ0n) is 15.0. The van der Waals surface area contributed by atoms with Gasteiger partial charge in [0.2, 0.25) is 5.91 Å². The lowest BCUT2D eigenvalue weighted by atomic mass is 9.74. The largest absolute Gasteiger partial charge is 0.348 e. The molecule has 0 aliphatic carbocycles. The topological polar surface area (TPSA) is 52.2 Å². The van der Waals surface area contributed by atoms with E-state index in [-0.39, 0.29) is 17.2 Å². The van der Waals surface area contributed by atoms with Crippen molar-refractivity contribution in [1.82, 2.24) is 14.9 Å². The van der Waals surface area contributed by atoms with E-state index in [0.717, 1.165) is 50.5 Å². The molecule has 0 radical (unpaired) electrons. The minimum Gasteiger partial charge on any atom is -0.348 e. The van der Waals surface area contributed by atoms with Crippen molar-refractivity contribution in [3.05, 3.63) is 48.0 Å². The molecule has 0 bridgehead atoms. The number of anilines is 1. The molecule has 5 heteroatoms. The van der Waals surface area contributed by atoms with Crippen LogP contribution in [0.25, 0.3) is 0 Å². The number of benzene rings is 1. The monoisotopic (exact) mass is 338 g/mol. The average molecular weight is 338 g/mol. The van der Waals surface area contributed by atoms with Crippen LogP contribution in [0.15, 0.2) is 36.7 Å². The van der Waals surface area contributed by atoms with Gasteiger partial charge in [0, 0.05) is 36.0 Å². The molecule has 25 heavy (non-hydrogen) atoms. The number of H-pyrrole nitrogens is 1. The second-order valence-corrected chi connectivity index (χ2v) is 7.69. The number of aromatic amines is 1. The Morgan fingerprint density at radius 3 is 2.72 bits per heavy atom. The number of rotatable bonds is 3. The number of carbonyl (C=O) groups is 1. The van der Waals surface area contributed by atoms with Crippen molar-refractivity contribution in [1.29, 1.82) is 0 Å². The Kier molecular flexibility index (Phi) is 4.12. The zero-order valence-corrected chi connectivity index (χ0v) is 15.0. The maximum absolute atomic E-state index is 12.7. The molecule has 1 fully saturated rings. The first-order chi connectivity index (χ1) is 12.1. The van der Waals surface area contributed by atoms with Crippen molar-refractivity contribution in [2.45, 2.75) is 38.6 Å². The van der Waals surface area contributed by atoms with Crippen molar-refractivity contribution in [2.24, 2.45) is 5.92 Å². The van der Waals surface area contributed by atoms with Crippen molar-refractivity contribution in [3.63, 3.8) is 0 Å². The van der Waals surface area contributed by atoms with Gasteiger partial charge in [0.25, 0.3) is 0 Å².